The van der Waals surface area contributed by atoms with E-state index in [0.717, 1.165) is 28.8 Å². The number of rotatable bonds is 3. The van der Waals surface area contributed by atoms with Crippen molar-refractivity contribution in [1.82, 2.24) is 0 Å². The van der Waals surface area contributed by atoms with Crippen molar-refractivity contribution < 1.29 is 19.2 Å². The zero-order valence-corrected chi connectivity index (χ0v) is 14.8. The summed E-state index contributed by atoms with van der Waals surface area (Å²) >= 11 is 1.72. The first-order valence-electron chi connectivity index (χ1n) is 7.86. The number of para-hydroxylation sites is 1. The summed E-state index contributed by atoms with van der Waals surface area (Å²) in [7, 11) is 1.19. The van der Waals surface area contributed by atoms with Crippen LogP contribution in [0.3, 0.4) is 0 Å². The summed E-state index contributed by atoms with van der Waals surface area (Å²) in [5, 5.41) is 11.2. The van der Waals surface area contributed by atoms with E-state index in [-0.39, 0.29) is 22.7 Å². The lowest BCUT2D eigenvalue weighted by atomic mass is 10.1. The fourth-order valence-electron chi connectivity index (χ4n) is 2.80. The molecule has 0 unspecified atom stereocenters. The summed E-state index contributed by atoms with van der Waals surface area (Å²) < 4.78 is 4.64. The monoisotopic (exact) mass is 372 g/mol. The van der Waals surface area contributed by atoms with Crippen molar-refractivity contribution in [3.63, 3.8) is 0 Å². The predicted molar refractivity (Wildman–Crippen MR) is 98.7 cm³/mol. The zero-order valence-electron chi connectivity index (χ0n) is 14.0. The number of benzene rings is 2. The van der Waals surface area contributed by atoms with Crippen LogP contribution in [0.15, 0.2) is 42.5 Å². The molecule has 3 rings (SSSR count). The van der Waals surface area contributed by atoms with Gasteiger partial charge in [-0.2, -0.15) is 11.8 Å². The van der Waals surface area contributed by atoms with Gasteiger partial charge in [-0.1, -0.05) is 18.2 Å². The van der Waals surface area contributed by atoms with E-state index in [1.807, 2.05) is 24.3 Å². The van der Waals surface area contributed by atoms with Gasteiger partial charge in [0.15, 0.2) is 0 Å². The minimum atomic E-state index is -0.727. The summed E-state index contributed by atoms with van der Waals surface area (Å²) in [6.07, 6.45) is 0. The number of amides is 1. The lowest BCUT2D eigenvalue weighted by Gasteiger charge is -2.22. The van der Waals surface area contributed by atoms with Gasteiger partial charge >= 0.3 is 5.97 Å². The first-order chi connectivity index (χ1) is 12.5. The third kappa shape index (κ3) is 3.55. The molecule has 0 radical (unpaired) electrons. The molecule has 7 nitrogen and oxygen atoms in total. The second-order valence-electron chi connectivity index (χ2n) is 5.66. The third-order valence-electron chi connectivity index (χ3n) is 4.04. The number of hydrogen-bond acceptors (Lipinski definition) is 6. The van der Waals surface area contributed by atoms with Crippen LogP contribution >= 0.6 is 11.8 Å². The number of nitro groups is 1. The Labute approximate surface area is 154 Å². The predicted octanol–water partition coefficient (Wildman–Crippen LogP) is 3.28. The second kappa shape index (κ2) is 7.57. The minimum absolute atomic E-state index is 0.0254. The molecule has 0 aromatic heterocycles. The largest absolute Gasteiger partial charge is 0.465 e. The van der Waals surface area contributed by atoms with Gasteiger partial charge in [0, 0.05) is 41.4 Å². The molecule has 0 aliphatic carbocycles. The van der Waals surface area contributed by atoms with Crippen molar-refractivity contribution in [3.05, 3.63) is 69.3 Å². The lowest BCUT2D eigenvalue weighted by molar-refractivity contribution is -0.384. The quantitative estimate of drug-likeness (QED) is 0.467. The SMILES string of the molecule is COC(=O)c1cc(C(=O)N2CCSCc3ccccc32)cc([N+](=O)[O-])c1. The van der Waals surface area contributed by atoms with Crippen LogP contribution in [0.5, 0.6) is 0 Å². The molecule has 0 N–H and O–H groups in total. The zero-order chi connectivity index (χ0) is 18.7. The standard InChI is InChI=1S/C18H16N2O5S/c1-25-18(22)14-8-13(9-15(10-14)20(23)24)17(21)19-6-7-26-11-12-4-2-3-5-16(12)19/h2-5,8-10H,6-7,11H2,1H3. The van der Waals surface area contributed by atoms with Gasteiger partial charge in [0.05, 0.1) is 17.6 Å². The number of nitro benzene ring substituents is 1. The van der Waals surface area contributed by atoms with Crippen LogP contribution in [-0.4, -0.2) is 36.2 Å². The van der Waals surface area contributed by atoms with Crippen molar-refractivity contribution in [1.29, 1.82) is 0 Å². The van der Waals surface area contributed by atoms with Gasteiger partial charge in [0.25, 0.3) is 11.6 Å². The highest BCUT2D eigenvalue weighted by atomic mass is 32.2. The number of anilines is 1. The van der Waals surface area contributed by atoms with Gasteiger partial charge < -0.3 is 9.64 Å². The van der Waals surface area contributed by atoms with Crippen LogP contribution < -0.4 is 4.90 Å². The molecule has 1 aliphatic heterocycles. The van der Waals surface area contributed by atoms with E-state index < -0.39 is 10.9 Å². The number of fused-ring (bicyclic) bond motifs is 1. The third-order valence-corrected chi connectivity index (χ3v) is 5.03. The highest BCUT2D eigenvalue weighted by Crippen LogP contribution is 2.30. The number of methoxy groups -OCH3 is 1. The summed E-state index contributed by atoms with van der Waals surface area (Å²) in [6, 6.07) is 11.2. The van der Waals surface area contributed by atoms with Gasteiger partial charge in [0.2, 0.25) is 0 Å². The molecule has 8 heteroatoms. The Kier molecular flexibility index (Phi) is 5.22. The van der Waals surface area contributed by atoms with Gasteiger partial charge in [0.1, 0.15) is 0 Å². The first kappa shape index (κ1) is 17.9. The maximum absolute atomic E-state index is 13.1. The van der Waals surface area contributed by atoms with Crippen LogP contribution in [0, 0.1) is 10.1 Å². The van der Waals surface area contributed by atoms with E-state index in [2.05, 4.69) is 4.74 Å². The fourth-order valence-corrected chi connectivity index (χ4v) is 3.72. The molecule has 2 aromatic rings. The second-order valence-corrected chi connectivity index (χ2v) is 6.76. The number of ether oxygens (including phenoxy) is 1. The molecule has 2 aromatic carbocycles. The smallest absolute Gasteiger partial charge is 0.338 e. The van der Waals surface area contributed by atoms with E-state index in [4.69, 9.17) is 0 Å². The maximum atomic E-state index is 13.1. The van der Waals surface area contributed by atoms with Crippen LogP contribution in [0.25, 0.3) is 0 Å². The lowest BCUT2D eigenvalue weighted by Crippen LogP contribution is -2.33. The van der Waals surface area contributed by atoms with Gasteiger partial charge in [-0.05, 0) is 17.7 Å². The minimum Gasteiger partial charge on any atom is -0.465 e. The number of thioether (sulfide) groups is 1. The Balaban J connectivity index is 2.06. The van der Waals surface area contributed by atoms with Gasteiger partial charge in [-0.25, -0.2) is 4.79 Å². The molecule has 1 aliphatic rings. The van der Waals surface area contributed by atoms with Gasteiger partial charge in [-0.3, -0.25) is 14.9 Å². The van der Waals surface area contributed by atoms with Gasteiger partial charge in [-0.15, -0.1) is 0 Å². The molecule has 0 spiro atoms. The molecule has 134 valence electrons. The molecule has 0 saturated carbocycles. The molecule has 0 fully saturated rings. The van der Waals surface area contributed by atoms with Crippen molar-refractivity contribution in [2.45, 2.75) is 5.75 Å². The molecule has 1 heterocycles. The van der Waals surface area contributed by atoms with Crippen molar-refractivity contribution in [3.8, 4) is 0 Å². The Morgan fingerprint density at radius 2 is 1.92 bits per heavy atom. The van der Waals surface area contributed by atoms with E-state index in [0.29, 0.717) is 6.54 Å². The van der Waals surface area contributed by atoms with Crippen LogP contribution in [0.4, 0.5) is 11.4 Å². The van der Waals surface area contributed by atoms with E-state index >= 15 is 0 Å². The Morgan fingerprint density at radius 1 is 1.19 bits per heavy atom. The molecule has 26 heavy (non-hydrogen) atoms. The maximum Gasteiger partial charge on any atom is 0.338 e. The van der Waals surface area contributed by atoms with Crippen molar-refractivity contribution in [2.24, 2.45) is 0 Å². The number of non-ortho nitro benzene ring substituents is 1. The number of esters is 1. The molecule has 0 saturated heterocycles. The van der Waals surface area contributed by atoms with Crippen LogP contribution in [-0.2, 0) is 10.5 Å². The molecular formula is C18H16N2O5S. The van der Waals surface area contributed by atoms with E-state index in [9.17, 15) is 19.7 Å². The number of carbonyl (C=O) groups is 2. The number of carbonyl (C=O) groups excluding carboxylic acids is 2. The van der Waals surface area contributed by atoms with Crippen LogP contribution in [0.1, 0.15) is 26.3 Å². The normalized spacial score (nSPS) is 13.5. The Hall–Kier alpha value is -2.87. The molecule has 0 bridgehead atoms. The summed E-state index contributed by atoms with van der Waals surface area (Å²) in [5.74, 6) is 0.435. The number of nitrogens with zero attached hydrogens (tertiary/aromatic N) is 2. The fraction of sp³-hybridized carbons (Fsp3) is 0.222. The van der Waals surface area contributed by atoms with Crippen molar-refractivity contribution >= 4 is 35.0 Å². The highest BCUT2D eigenvalue weighted by molar-refractivity contribution is 7.98. The van der Waals surface area contributed by atoms with E-state index in [1.54, 1.807) is 16.7 Å². The first-order valence-corrected chi connectivity index (χ1v) is 9.02. The average molecular weight is 372 g/mol. The van der Waals surface area contributed by atoms with Crippen LogP contribution in [0.2, 0.25) is 0 Å². The van der Waals surface area contributed by atoms with E-state index in [1.165, 1.54) is 19.2 Å². The Morgan fingerprint density at radius 3 is 2.65 bits per heavy atom. The average Bonchev–Trinajstić information content (AvgIpc) is 2.88. The molecular weight excluding hydrogens is 356 g/mol. The Bertz CT molecular complexity index is 884. The summed E-state index contributed by atoms with van der Waals surface area (Å²) in [6.45, 7) is 0.483. The topological polar surface area (TPSA) is 89.8 Å². The molecule has 0 atom stereocenters. The summed E-state index contributed by atoms with van der Waals surface area (Å²) in [5.41, 5.74) is 1.55. The summed E-state index contributed by atoms with van der Waals surface area (Å²) in [4.78, 5) is 37.1. The highest BCUT2D eigenvalue weighted by Gasteiger charge is 2.25. The van der Waals surface area contributed by atoms with Crippen molar-refractivity contribution in [2.75, 3.05) is 24.3 Å². The molecule has 1 amide bonds. The number of hydrogen-bond donors (Lipinski definition) is 0.